The maximum absolute atomic E-state index is 13.7. The molecule has 0 aromatic heterocycles. The minimum atomic E-state index is -3.63. The van der Waals surface area contributed by atoms with Crippen LogP contribution in [-0.4, -0.2) is 43.2 Å². The van der Waals surface area contributed by atoms with Gasteiger partial charge >= 0.3 is 0 Å². The molecule has 27 heavy (non-hydrogen) atoms. The van der Waals surface area contributed by atoms with Crippen molar-refractivity contribution >= 4 is 22.6 Å². The minimum Gasteiger partial charge on any atom is -0.313 e. The van der Waals surface area contributed by atoms with Crippen molar-refractivity contribution in [1.82, 2.24) is 13.9 Å². The Bertz CT molecular complexity index is 909. The summed E-state index contributed by atoms with van der Waals surface area (Å²) >= 11 is 0. The van der Waals surface area contributed by atoms with Gasteiger partial charge in [0.25, 0.3) is 10.2 Å². The van der Waals surface area contributed by atoms with E-state index in [1.165, 1.54) is 22.0 Å². The fraction of sp³-hybridized carbons (Fsp3) is 0.368. The van der Waals surface area contributed by atoms with Crippen molar-refractivity contribution in [3.8, 4) is 0 Å². The van der Waals surface area contributed by atoms with Crippen molar-refractivity contribution < 1.29 is 12.8 Å². The maximum Gasteiger partial charge on any atom is 0.282 e. The lowest BCUT2D eigenvalue weighted by atomic mass is 10.0. The van der Waals surface area contributed by atoms with Crippen LogP contribution in [0.25, 0.3) is 0 Å². The zero-order chi connectivity index (χ0) is 18.1. The number of hydrogen-bond donors (Lipinski definition) is 1. The van der Waals surface area contributed by atoms with Crippen molar-refractivity contribution in [1.29, 1.82) is 0 Å². The molecule has 5 nitrogen and oxygen atoms in total. The Morgan fingerprint density at radius 1 is 1.04 bits per heavy atom. The molecule has 0 bridgehead atoms. The van der Waals surface area contributed by atoms with Gasteiger partial charge in [-0.25, -0.2) is 4.39 Å². The monoisotopic (exact) mass is 411 g/mol. The van der Waals surface area contributed by atoms with Crippen LogP contribution >= 0.6 is 12.4 Å². The van der Waals surface area contributed by atoms with Crippen LogP contribution in [0.5, 0.6) is 0 Å². The van der Waals surface area contributed by atoms with Crippen molar-refractivity contribution in [2.75, 3.05) is 26.2 Å². The van der Waals surface area contributed by atoms with Crippen LogP contribution in [0.4, 0.5) is 4.39 Å². The molecule has 0 spiro atoms. The van der Waals surface area contributed by atoms with Gasteiger partial charge in [0.1, 0.15) is 5.82 Å². The highest BCUT2D eigenvalue weighted by Crippen LogP contribution is 2.30. The summed E-state index contributed by atoms with van der Waals surface area (Å²) in [5.74, 6) is -0.350. The van der Waals surface area contributed by atoms with Crippen LogP contribution in [0.1, 0.15) is 22.7 Å². The molecule has 1 unspecified atom stereocenters. The third kappa shape index (κ3) is 4.02. The number of nitrogens with one attached hydrogen (secondary N) is 1. The topological polar surface area (TPSA) is 52.7 Å². The van der Waals surface area contributed by atoms with E-state index in [0.29, 0.717) is 44.7 Å². The largest absolute Gasteiger partial charge is 0.313 e. The SMILES string of the molecule is Cl.O=S(=O)(N1CCc2ccccc2C1)N1CCNCC1c1cccc(F)c1. The predicted octanol–water partition coefficient (Wildman–Crippen LogP) is 2.50. The number of halogens is 2. The van der Waals surface area contributed by atoms with E-state index in [1.807, 2.05) is 18.2 Å². The lowest BCUT2D eigenvalue weighted by molar-refractivity contribution is 0.242. The van der Waals surface area contributed by atoms with Gasteiger partial charge in [-0.05, 0) is 35.2 Å². The van der Waals surface area contributed by atoms with E-state index in [2.05, 4.69) is 11.4 Å². The summed E-state index contributed by atoms with van der Waals surface area (Å²) < 4.78 is 43.4. The highest BCUT2D eigenvalue weighted by atomic mass is 35.5. The number of nitrogens with zero attached hydrogens (tertiary/aromatic N) is 2. The Morgan fingerprint density at radius 3 is 2.59 bits per heavy atom. The Labute approximate surface area is 165 Å². The molecule has 0 aliphatic carbocycles. The number of piperazine rings is 1. The first-order valence-electron chi connectivity index (χ1n) is 8.85. The van der Waals surface area contributed by atoms with Crippen molar-refractivity contribution in [2.45, 2.75) is 19.0 Å². The summed E-state index contributed by atoms with van der Waals surface area (Å²) in [6, 6.07) is 13.8. The average molecular weight is 412 g/mol. The van der Waals surface area contributed by atoms with Gasteiger partial charge < -0.3 is 5.32 Å². The van der Waals surface area contributed by atoms with Gasteiger partial charge in [0.15, 0.2) is 0 Å². The molecule has 0 radical (unpaired) electrons. The number of rotatable bonds is 3. The number of fused-ring (bicyclic) bond motifs is 1. The fourth-order valence-corrected chi connectivity index (χ4v) is 5.54. The fourth-order valence-electron chi connectivity index (χ4n) is 3.77. The lowest BCUT2D eigenvalue weighted by Gasteiger charge is -2.39. The molecule has 2 aromatic carbocycles. The summed E-state index contributed by atoms with van der Waals surface area (Å²) in [6.07, 6.45) is 0.714. The summed E-state index contributed by atoms with van der Waals surface area (Å²) in [7, 11) is -3.63. The summed E-state index contributed by atoms with van der Waals surface area (Å²) in [6.45, 7) is 2.31. The van der Waals surface area contributed by atoms with E-state index in [9.17, 15) is 12.8 Å². The maximum atomic E-state index is 13.7. The highest BCUT2D eigenvalue weighted by molar-refractivity contribution is 7.86. The molecule has 1 N–H and O–H groups in total. The summed E-state index contributed by atoms with van der Waals surface area (Å²) in [5.41, 5.74) is 2.94. The second-order valence-corrected chi connectivity index (χ2v) is 8.63. The smallest absolute Gasteiger partial charge is 0.282 e. The Balaban J connectivity index is 0.00000210. The van der Waals surface area contributed by atoms with Gasteiger partial charge in [-0.2, -0.15) is 17.0 Å². The molecule has 1 saturated heterocycles. The average Bonchev–Trinajstić information content (AvgIpc) is 2.67. The molecule has 2 heterocycles. The van der Waals surface area contributed by atoms with E-state index in [-0.39, 0.29) is 18.2 Å². The standard InChI is InChI=1S/C19H22FN3O2S.ClH/c20-18-7-3-6-16(12-18)19-13-21-9-11-23(19)26(24,25)22-10-8-15-4-1-2-5-17(15)14-22;/h1-7,12,19,21H,8-11,13-14H2;1H. The summed E-state index contributed by atoms with van der Waals surface area (Å²) in [4.78, 5) is 0. The van der Waals surface area contributed by atoms with E-state index in [1.54, 1.807) is 16.4 Å². The highest BCUT2D eigenvalue weighted by Gasteiger charge is 2.38. The van der Waals surface area contributed by atoms with Gasteiger partial charge in [-0.3, -0.25) is 0 Å². The molecule has 1 atom stereocenters. The molecule has 0 amide bonds. The first kappa shape index (κ1) is 20.2. The summed E-state index contributed by atoms with van der Waals surface area (Å²) in [5, 5.41) is 3.23. The van der Waals surface area contributed by atoms with Gasteiger partial charge in [0.2, 0.25) is 0 Å². The minimum absolute atomic E-state index is 0. The van der Waals surface area contributed by atoms with E-state index >= 15 is 0 Å². The van der Waals surface area contributed by atoms with Crippen molar-refractivity contribution in [3.63, 3.8) is 0 Å². The first-order valence-corrected chi connectivity index (χ1v) is 10.3. The molecule has 0 saturated carbocycles. The van der Waals surface area contributed by atoms with E-state index < -0.39 is 16.3 Å². The number of hydrogen-bond acceptors (Lipinski definition) is 3. The lowest BCUT2D eigenvalue weighted by Crippen LogP contribution is -2.54. The zero-order valence-corrected chi connectivity index (χ0v) is 16.5. The molecule has 2 aromatic rings. The second kappa shape index (κ2) is 8.24. The molecule has 2 aliphatic rings. The van der Waals surface area contributed by atoms with Crippen LogP contribution in [0.15, 0.2) is 48.5 Å². The van der Waals surface area contributed by atoms with Crippen molar-refractivity contribution in [2.24, 2.45) is 0 Å². The van der Waals surface area contributed by atoms with Crippen LogP contribution in [0.2, 0.25) is 0 Å². The zero-order valence-electron chi connectivity index (χ0n) is 14.8. The van der Waals surface area contributed by atoms with E-state index in [4.69, 9.17) is 0 Å². The molecule has 4 rings (SSSR count). The van der Waals surface area contributed by atoms with Gasteiger partial charge in [0, 0.05) is 32.7 Å². The third-order valence-electron chi connectivity index (χ3n) is 5.15. The Kier molecular flexibility index (Phi) is 6.18. The third-order valence-corrected chi connectivity index (χ3v) is 7.14. The van der Waals surface area contributed by atoms with Crippen LogP contribution in [0.3, 0.4) is 0 Å². The van der Waals surface area contributed by atoms with Crippen LogP contribution in [-0.2, 0) is 23.2 Å². The number of benzene rings is 2. The molecular weight excluding hydrogens is 389 g/mol. The molecule has 1 fully saturated rings. The van der Waals surface area contributed by atoms with Crippen LogP contribution in [0, 0.1) is 5.82 Å². The normalized spacial score (nSPS) is 21.3. The van der Waals surface area contributed by atoms with Crippen LogP contribution < -0.4 is 5.32 Å². The first-order chi connectivity index (χ1) is 12.6. The molecule has 2 aliphatic heterocycles. The van der Waals surface area contributed by atoms with E-state index in [0.717, 1.165) is 5.56 Å². The second-order valence-electron chi connectivity index (χ2n) is 6.75. The molecule has 146 valence electrons. The van der Waals surface area contributed by atoms with Gasteiger partial charge in [-0.1, -0.05) is 36.4 Å². The van der Waals surface area contributed by atoms with Crippen molar-refractivity contribution in [3.05, 3.63) is 71.0 Å². The Hall–Kier alpha value is -1.51. The van der Waals surface area contributed by atoms with Gasteiger partial charge in [0.05, 0.1) is 6.04 Å². The molecule has 8 heteroatoms. The molecular formula is C19H23ClFN3O2S. The Morgan fingerprint density at radius 2 is 1.81 bits per heavy atom. The predicted molar refractivity (Wildman–Crippen MR) is 105 cm³/mol. The van der Waals surface area contributed by atoms with Gasteiger partial charge in [-0.15, -0.1) is 12.4 Å². The quantitative estimate of drug-likeness (QED) is 0.844.